The fourth-order valence-electron chi connectivity index (χ4n) is 2.90. The minimum Gasteiger partial charge on any atom is -0.380 e. The zero-order chi connectivity index (χ0) is 16.2. The van der Waals surface area contributed by atoms with E-state index in [1.807, 2.05) is 41.3 Å². The van der Waals surface area contributed by atoms with Crippen molar-refractivity contribution in [3.8, 4) is 0 Å². The third-order valence-electron chi connectivity index (χ3n) is 4.11. The standard InChI is InChI=1S/C17H20N4O2/c1-23-13-10-14(17(18)22)21(11-13)16-7-8-19-15(20-16)9-12-5-3-2-4-6-12/h2-8,13-14H,9-11H2,1H3,(H2,18,22)/t13-,14-/m0/s1. The van der Waals surface area contributed by atoms with Crippen LogP contribution >= 0.6 is 0 Å². The van der Waals surface area contributed by atoms with Gasteiger partial charge in [-0.3, -0.25) is 4.79 Å². The average molecular weight is 312 g/mol. The maximum atomic E-state index is 11.7. The number of amides is 1. The molecule has 1 aromatic heterocycles. The van der Waals surface area contributed by atoms with Crippen molar-refractivity contribution in [1.29, 1.82) is 0 Å². The van der Waals surface area contributed by atoms with E-state index in [9.17, 15) is 4.79 Å². The second-order valence-electron chi connectivity index (χ2n) is 5.66. The summed E-state index contributed by atoms with van der Waals surface area (Å²) in [6.07, 6.45) is 2.94. The monoisotopic (exact) mass is 312 g/mol. The molecular formula is C17H20N4O2. The molecule has 1 aliphatic rings. The lowest BCUT2D eigenvalue weighted by atomic mass is 10.1. The molecule has 2 N–H and O–H groups in total. The Morgan fingerprint density at radius 1 is 1.35 bits per heavy atom. The zero-order valence-electron chi connectivity index (χ0n) is 13.1. The summed E-state index contributed by atoms with van der Waals surface area (Å²) in [5, 5.41) is 0. The molecule has 0 unspecified atom stereocenters. The third-order valence-corrected chi connectivity index (χ3v) is 4.11. The van der Waals surface area contributed by atoms with Gasteiger partial charge in [-0.15, -0.1) is 0 Å². The van der Waals surface area contributed by atoms with Crippen molar-refractivity contribution in [1.82, 2.24) is 9.97 Å². The Bertz CT molecular complexity index is 677. The molecule has 2 atom stereocenters. The van der Waals surface area contributed by atoms with Gasteiger partial charge in [0, 0.05) is 32.7 Å². The highest BCUT2D eigenvalue weighted by atomic mass is 16.5. The Balaban J connectivity index is 1.82. The first-order valence-electron chi connectivity index (χ1n) is 7.62. The average Bonchev–Trinajstić information content (AvgIpc) is 3.01. The molecule has 0 spiro atoms. The molecule has 120 valence electrons. The van der Waals surface area contributed by atoms with Crippen LogP contribution in [-0.2, 0) is 16.0 Å². The number of anilines is 1. The molecule has 1 amide bonds. The summed E-state index contributed by atoms with van der Waals surface area (Å²) in [4.78, 5) is 22.5. The first-order valence-corrected chi connectivity index (χ1v) is 7.62. The Morgan fingerprint density at radius 2 is 2.13 bits per heavy atom. The lowest BCUT2D eigenvalue weighted by molar-refractivity contribution is -0.119. The quantitative estimate of drug-likeness (QED) is 0.895. The smallest absolute Gasteiger partial charge is 0.240 e. The molecule has 1 aliphatic heterocycles. The predicted molar refractivity (Wildman–Crippen MR) is 87.0 cm³/mol. The van der Waals surface area contributed by atoms with Crippen LogP contribution in [0.5, 0.6) is 0 Å². The van der Waals surface area contributed by atoms with Gasteiger partial charge in [-0.1, -0.05) is 30.3 Å². The summed E-state index contributed by atoms with van der Waals surface area (Å²) in [7, 11) is 1.65. The van der Waals surface area contributed by atoms with Gasteiger partial charge >= 0.3 is 0 Å². The summed E-state index contributed by atoms with van der Waals surface area (Å²) < 4.78 is 5.38. The number of hydrogen-bond donors (Lipinski definition) is 1. The molecule has 0 aliphatic carbocycles. The van der Waals surface area contributed by atoms with E-state index < -0.39 is 0 Å². The number of carbonyl (C=O) groups is 1. The van der Waals surface area contributed by atoms with Crippen molar-refractivity contribution < 1.29 is 9.53 Å². The van der Waals surface area contributed by atoms with Gasteiger partial charge < -0.3 is 15.4 Å². The summed E-state index contributed by atoms with van der Waals surface area (Å²) >= 11 is 0. The van der Waals surface area contributed by atoms with E-state index >= 15 is 0 Å². The number of nitrogens with two attached hydrogens (primary N) is 1. The van der Waals surface area contributed by atoms with Crippen LogP contribution in [-0.4, -0.2) is 41.7 Å². The number of benzene rings is 1. The van der Waals surface area contributed by atoms with Crippen molar-refractivity contribution in [2.45, 2.75) is 25.0 Å². The van der Waals surface area contributed by atoms with Gasteiger partial charge in [0.2, 0.25) is 5.91 Å². The minimum absolute atomic E-state index is 0.0139. The van der Waals surface area contributed by atoms with Gasteiger partial charge in [-0.2, -0.15) is 0 Å². The first kappa shape index (κ1) is 15.4. The highest BCUT2D eigenvalue weighted by Gasteiger charge is 2.36. The number of methoxy groups -OCH3 is 1. The molecule has 2 heterocycles. The molecular weight excluding hydrogens is 292 g/mol. The molecule has 1 fully saturated rings. The highest BCUT2D eigenvalue weighted by Crippen LogP contribution is 2.25. The molecule has 1 aromatic carbocycles. The van der Waals surface area contributed by atoms with Crippen LogP contribution in [0.3, 0.4) is 0 Å². The van der Waals surface area contributed by atoms with Crippen molar-refractivity contribution in [3.05, 3.63) is 54.0 Å². The van der Waals surface area contributed by atoms with Crippen LogP contribution < -0.4 is 10.6 Å². The van der Waals surface area contributed by atoms with Gasteiger partial charge in [0.15, 0.2) is 0 Å². The topological polar surface area (TPSA) is 81.3 Å². The molecule has 6 heteroatoms. The molecule has 2 aromatic rings. The van der Waals surface area contributed by atoms with Gasteiger partial charge in [-0.05, 0) is 11.6 Å². The molecule has 0 bridgehead atoms. The molecule has 6 nitrogen and oxygen atoms in total. The summed E-state index contributed by atoms with van der Waals surface area (Å²) in [6.45, 7) is 0.603. The summed E-state index contributed by atoms with van der Waals surface area (Å²) in [5.41, 5.74) is 6.67. The Labute approximate surface area is 135 Å². The fraction of sp³-hybridized carbons (Fsp3) is 0.353. The van der Waals surface area contributed by atoms with Crippen molar-refractivity contribution in [3.63, 3.8) is 0 Å². The number of carbonyl (C=O) groups excluding carboxylic acids is 1. The molecule has 0 radical (unpaired) electrons. The second kappa shape index (κ2) is 6.75. The second-order valence-corrected chi connectivity index (χ2v) is 5.66. The zero-order valence-corrected chi connectivity index (χ0v) is 13.1. The fourth-order valence-corrected chi connectivity index (χ4v) is 2.90. The van der Waals surface area contributed by atoms with Crippen LogP contribution in [0.2, 0.25) is 0 Å². The minimum atomic E-state index is -0.389. The number of primary amides is 1. The van der Waals surface area contributed by atoms with Crippen molar-refractivity contribution >= 4 is 11.7 Å². The summed E-state index contributed by atoms with van der Waals surface area (Å²) in [6, 6.07) is 11.5. The maximum absolute atomic E-state index is 11.7. The van der Waals surface area contributed by atoms with Gasteiger partial charge in [0.1, 0.15) is 17.7 Å². The van der Waals surface area contributed by atoms with Crippen LogP contribution in [0.25, 0.3) is 0 Å². The van der Waals surface area contributed by atoms with Gasteiger partial charge in [-0.25, -0.2) is 9.97 Å². The van der Waals surface area contributed by atoms with Crippen LogP contribution in [0.1, 0.15) is 17.8 Å². The van der Waals surface area contributed by atoms with E-state index in [1.165, 1.54) is 0 Å². The van der Waals surface area contributed by atoms with Crippen LogP contribution in [0.15, 0.2) is 42.6 Å². The van der Waals surface area contributed by atoms with E-state index in [0.717, 1.165) is 11.4 Å². The van der Waals surface area contributed by atoms with Crippen LogP contribution in [0.4, 0.5) is 5.82 Å². The Morgan fingerprint density at radius 3 is 2.83 bits per heavy atom. The Kier molecular flexibility index (Phi) is 4.52. The number of ether oxygens (including phenoxy) is 1. The predicted octanol–water partition coefficient (Wildman–Crippen LogP) is 1.15. The molecule has 23 heavy (non-hydrogen) atoms. The van der Waals surface area contributed by atoms with Crippen molar-refractivity contribution in [2.24, 2.45) is 5.73 Å². The SMILES string of the molecule is CO[C@H]1C[C@@H](C(N)=O)N(c2ccnc(Cc3ccccc3)n2)C1. The van der Waals surface area contributed by atoms with E-state index in [1.54, 1.807) is 13.3 Å². The number of rotatable bonds is 5. The first-order chi connectivity index (χ1) is 11.2. The molecule has 3 rings (SSSR count). The lowest BCUT2D eigenvalue weighted by Gasteiger charge is -2.23. The van der Waals surface area contributed by atoms with Gasteiger partial charge in [0.25, 0.3) is 0 Å². The number of aromatic nitrogens is 2. The highest BCUT2D eigenvalue weighted by molar-refractivity contribution is 5.84. The van der Waals surface area contributed by atoms with Crippen molar-refractivity contribution in [2.75, 3.05) is 18.6 Å². The Hall–Kier alpha value is -2.47. The summed E-state index contributed by atoms with van der Waals surface area (Å²) in [5.74, 6) is 1.08. The molecule has 0 saturated carbocycles. The largest absolute Gasteiger partial charge is 0.380 e. The van der Waals surface area contributed by atoms with Gasteiger partial charge in [0.05, 0.1) is 6.10 Å². The number of hydrogen-bond acceptors (Lipinski definition) is 5. The maximum Gasteiger partial charge on any atom is 0.240 e. The normalized spacial score (nSPS) is 20.7. The van der Waals surface area contributed by atoms with E-state index in [-0.39, 0.29) is 18.1 Å². The molecule has 1 saturated heterocycles. The lowest BCUT2D eigenvalue weighted by Crippen LogP contribution is -2.40. The third kappa shape index (κ3) is 3.48. The van der Waals surface area contributed by atoms with E-state index in [0.29, 0.717) is 25.2 Å². The number of nitrogens with zero attached hydrogens (tertiary/aromatic N) is 3. The van der Waals surface area contributed by atoms with Crippen LogP contribution in [0, 0.1) is 0 Å². The van der Waals surface area contributed by atoms with E-state index in [2.05, 4.69) is 9.97 Å². The van der Waals surface area contributed by atoms with E-state index in [4.69, 9.17) is 10.5 Å².